The summed E-state index contributed by atoms with van der Waals surface area (Å²) in [6.07, 6.45) is 0. The largest absolute Gasteiger partial charge is 0.481 e. The highest BCUT2D eigenvalue weighted by molar-refractivity contribution is 6.35. The lowest BCUT2D eigenvalue weighted by Crippen LogP contribution is -2.28. The van der Waals surface area contributed by atoms with Crippen LogP contribution < -0.4 is 10.1 Å². The van der Waals surface area contributed by atoms with Gasteiger partial charge in [-0.1, -0.05) is 41.4 Å². The molecule has 2 rings (SSSR count). The average Bonchev–Trinajstić information content (AvgIpc) is 2.45. The molecule has 1 amide bonds. The zero-order valence-electron chi connectivity index (χ0n) is 10.9. The average molecular weight is 328 g/mol. The number of hydrogen-bond donors (Lipinski definition) is 1. The molecule has 2 aromatic rings. The number of para-hydroxylation sites is 1. The molecule has 110 valence electrons. The van der Waals surface area contributed by atoms with Crippen LogP contribution in [0.3, 0.4) is 0 Å². The summed E-state index contributed by atoms with van der Waals surface area (Å²) in [6, 6.07) is 10.9. The molecule has 21 heavy (non-hydrogen) atoms. The zero-order valence-corrected chi connectivity index (χ0v) is 12.4. The van der Waals surface area contributed by atoms with Crippen LogP contribution in [0.2, 0.25) is 10.0 Å². The molecule has 0 spiro atoms. The van der Waals surface area contributed by atoms with Gasteiger partial charge in [0.25, 0.3) is 5.91 Å². The van der Waals surface area contributed by atoms with E-state index in [0.29, 0.717) is 10.0 Å². The van der Waals surface area contributed by atoms with Crippen LogP contribution >= 0.6 is 23.2 Å². The molecule has 0 bridgehead atoms. The summed E-state index contributed by atoms with van der Waals surface area (Å²) >= 11 is 11.8. The molecule has 0 saturated heterocycles. The minimum atomic E-state index is -0.508. The Morgan fingerprint density at radius 3 is 2.67 bits per heavy atom. The van der Waals surface area contributed by atoms with E-state index in [2.05, 4.69) is 5.32 Å². The fourth-order valence-electron chi connectivity index (χ4n) is 1.61. The van der Waals surface area contributed by atoms with E-state index in [1.165, 1.54) is 12.1 Å². The van der Waals surface area contributed by atoms with Gasteiger partial charge >= 0.3 is 0 Å². The number of carbonyl (C=O) groups excluding carboxylic acids is 1. The predicted molar refractivity (Wildman–Crippen MR) is 80.2 cm³/mol. The molecule has 0 atom stereocenters. The van der Waals surface area contributed by atoms with Crippen LogP contribution in [0.5, 0.6) is 5.75 Å². The first kappa shape index (κ1) is 15.6. The molecule has 2 aromatic carbocycles. The van der Waals surface area contributed by atoms with Gasteiger partial charge in [0.2, 0.25) is 0 Å². The fourth-order valence-corrected chi connectivity index (χ4v) is 2.09. The SMILES string of the molecule is O=C(COc1ccccc1F)NCc1ccc(Cl)cc1Cl. The number of halogens is 3. The van der Waals surface area contributed by atoms with Crippen molar-refractivity contribution in [2.24, 2.45) is 0 Å². The number of amides is 1. The molecule has 3 nitrogen and oxygen atoms in total. The van der Waals surface area contributed by atoms with Gasteiger partial charge in [-0.15, -0.1) is 0 Å². The van der Waals surface area contributed by atoms with E-state index in [-0.39, 0.29) is 24.8 Å². The molecule has 0 unspecified atom stereocenters. The van der Waals surface area contributed by atoms with Crippen LogP contribution in [0.1, 0.15) is 5.56 Å². The highest BCUT2D eigenvalue weighted by atomic mass is 35.5. The molecular formula is C15H12Cl2FNO2. The summed E-state index contributed by atoms with van der Waals surface area (Å²) in [5.74, 6) is -0.840. The molecular weight excluding hydrogens is 316 g/mol. The standard InChI is InChI=1S/C15H12Cl2FNO2/c16-11-6-5-10(12(17)7-11)8-19-15(20)9-21-14-4-2-1-3-13(14)18/h1-7H,8-9H2,(H,19,20). The second-order valence-electron chi connectivity index (χ2n) is 4.23. The molecule has 0 aliphatic carbocycles. The van der Waals surface area contributed by atoms with E-state index < -0.39 is 5.82 Å². The molecule has 0 aliphatic heterocycles. The van der Waals surface area contributed by atoms with Crippen molar-refractivity contribution in [3.8, 4) is 5.75 Å². The van der Waals surface area contributed by atoms with Crippen molar-refractivity contribution >= 4 is 29.1 Å². The lowest BCUT2D eigenvalue weighted by Gasteiger charge is -2.09. The van der Waals surface area contributed by atoms with Gasteiger partial charge in [0.15, 0.2) is 18.2 Å². The van der Waals surface area contributed by atoms with Crippen LogP contribution in [0.4, 0.5) is 4.39 Å². The summed E-state index contributed by atoms with van der Waals surface area (Å²) in [5, 5.41) is 3.63. The normalized spacial score (nSPS) is 10.2. The predicted octanol–water partition coefficient (Wildman–Crippen LogP) is 3.83. The second-order valence-corrected chi connectivity index (χ2v) is 5.08. The van der Waals surface area contributed by atoms with E-state index in [1.54, 1.807) is 30.3 Å². The number of rotatable bonds is 5. The van der Waals surface area contributed by atoms with Gasteiger partial charge in [0, 0.05) is 16.6 Å². The third-order valence-corrected chi connectivity index (χ3v) is 3.27. The van der Waals surface area contributed by atoms with Crippen molar-refractivity contribution in [2.45, 2.75) is 6.54 Å². The van der Waals surface area contributed by atoms with Crippen LogP contribution in [0, 0.1) is 5.82 Å². The number of ether oxygens (including phenoxy) is 1. The first-order chi connectivity index (χ1) is 10.1. The Kier molecular flexibility index (Phi) is 5.42. The zero-order chi connectivity index (χ0) is 15.2. The van der Waals surface area contributed by atoms with Gasteiger partial charge < -0.3 is 10.1 Å². The first-order valence-electron chi connectivity index (χ1n) is 6.14. The van der Waals surface area contributed by atoms with Crippen LogP contribution in [-0.2, 0) is 11.3 Å². The summed E-state index contributed by atoms with van der Waals surface area (Å²) < 4.78 is 18.4. The van der Waals surface area contributed by atoms with E-state index in [1.807, 2.05) is 0 Å². The monoisotopic (exact) mass is 327 g/mol. The highest BCUT2D eigenvalue weighted by Crippen LogP contribution is 2.20. The Labute approximate surface area is 131 Å². The Hall–Kier alpha value is -1.78. The van der Waals surface area contributed by atoms with Gasteiger partial charge in [0.1, 0.15) is 0 Å². The van der Waals surface area contributed by atoms with Crippen LogP contribution in [0.15, 0.2) is 42.5 Å². The van der Waals surface area contributed by atoms with Crippen molar-refractivity contribution in [1.82, 2.24) is 5.32 Å². The minimum absolute atomic E-state index is 0.0391. The number of hydrogen-bond acceptors (Lipinski definition) is 2. The molecule has 6 heteroatoms. The number of nitrogens with one attached hydrogen (secondary N) is 1. The molecule has 0 radical (unpaired) electrons. The molecule has 1 N–H and O–H groups in total. The second kappa shape index (κ2) is 7.29. The molecule has 0 aliphatic rings. The fraction of sp³-hybridized carbons (Fsp3) is 0.133. The molecule has 0 saturated carbocycles. The van der Waals surface area contributed by atoms with Gasteiger partial charge in [-0.25, -0.2) is 4.39 Å². The summed E-state index contributed by atoms with van der Waals surface area (Å²) in [4.78, 5) is 11.7. The van der Waals surface area contributed by atoms with Crippen molar-refractivity contribution in [2.75, 3.05) is 6.61 Å². The third-order valence-electron chi connectivity index (χ3n) is 2.69. The highest BCUT2D eigenvalue weighted by Gasteiger charge is 2.07. The van der Waals surface area contributed by atoms with Crippen molar-refractivity contribution in [3.05, 3.63) is 63.9 Å². The number of benzene rings is 2. The van der Waals surface area contributed by atoms with Crippen LogP contribution in [-0.4, -0.2) is 12.5 Å². The Balaban J connectivity index is 1.84. The Morgan fingerprint density at radius 2 is 1.95 bits per heavy atom. The van der Waals surface area contributed by atoms with Crippen molar-refractivity contribution in [1.29, 1.82) is 0 Å². The number of carbonyl (C=O) groups is 1. The van der Waals surface area contributed by atoms with Gasteiger partial charge in [-0.3, -0.25) is 4.79 Å². The lowest BCUT2D eigenvalue weighted by molar-refractivity contribution is -0.123. The summed E-state index contributed by atoms with van der Waals surface area (Å²) in [6.45, 7) is -0.0262. The Bertz CT molecular complexity index is 649. The maximum absolute atomic E-state index is 13.3. The topological polar surface area (TPSA) is 38.3 Å². The Morgan fingerprint density at radius 1 is 1.19 bits per heavy atom. The molecule has 0 aromatic heterocycles. The summed E-state index contributed by atoms with van der Waals surface area (Å²) in [5.41, 5.74) is 0.736. The third kappa shape index (κ3) is 4.62. The van der Waals surface area contributed by atoms with E-state index in [9.17, 15) is 9.18 Å². The lowest BCUT2D eigenvalue weighted by atomic mass is 10.2. The van der Waals surface area contributed by atoms with Gasteiger partial charge in [0.05, 0.1) is 0 Å². The molecule has 0 heterocycles. The van der Waals surface area contributed by atoms with Crippen molar-refractivity contribution in [3.63, 3.8) is 0 Å². The van der Waals surface area contributed by atoms with Gasteiger partial charge in [-0.2, -0.15) is 0 Å². The van der Waals surface area contributed by atoms with Crippen LogP contribution in [0.25, 0.3) is 0 Å². The maximum atomic E-state index is 13.3. The van der Waals surface area contributed by atoms with E-state index >= 15 is 0 Å². The van der Waals surface area contributed by atoms with Crippen molar-refractivity contribution < 1.29 is 13.9 Å². The maximum Gasteiger partial charge on any atom is 0.258 e. The first-order valence-corrected chi connectivity index (χ1v) is 6.90. The van der Waals surface area contributed by atoms with Gasteiger partial charge in [-0.05, 0) is 29.8 Å². The smallest absolute Gasteiger partial charge is 0.258 e. The summed E-state index contributed by atoms with van der Waals surface area (Å²) in [7, 11) is 0. The molecule has 0 fully saturated rings. The quantitative estimate of drug-likeness (QED) is 0.906. The minimum Gasteiger partial charge on any atom is -0.481 e. The van der Waals surface area contributed by atoms with E-state index in [0.717, 1.165) is 5.56 Å². The van der Waals surface area contributed by atoms with E-state index in [4.69, 9.17) is 27.9 Å².